The lowest BCUT2D eigenvalue weighted by Gasteiger charge is -2.07. The fourth-order valence-corrected chi connectivity index (χ4v) is 2.47. The zero-order valence-electron chi connectivity index (χ0n) is 9.21. The standard InChI is InChI=1S/C15H11NS/c1-2-6-12(7-3-1)13-8-4-5-9-14(13)15-10-17-11-16-15/h1-11H. The van der Waals surface area contributed by atoms with Gasteiger partial charge in [-0.05, 0) is 11.1 Å². The molecule has 0 spiro atoms. The first kappa shape index (κ1) is 10.2. The normalized spacial score (nSPS) is 10.4. The number of thiazole rings is 1. The van der Waals surface area contributed by atoms with Crippen LogP contribution >= 0.6 is 11.3 Å². The van der Waals surface area contributed by atoms with Gasteiger partial charge in [-0.25, -0.2) is 4.98 Å². The molecule has 0 aliphatic carbocycles. The van der Waals surface area contributed by atoms with Crippen LogP contribution in [0.5, 0.6) is 0 Å². The maximum absolute atomic E-state index is 4.39. The lowest BCUT2D eigenvalue weighted by atomic mass is 9.98. The molecule has 1 heterocycles. The monoisotopic (exact) mass is 237 g/mol. The highest BCUT2D eigenvalue weighted by molar-refractivity contribution is 7.07. The van der Waals surface area contributed by atoms with Crippen molar-refractivity contribution in [2.45, 2.75) is 0 Å². The van der Waals surface area contributed by atoms with E-state index >= 15 is 0 Å². The minimum absolute atomic E-state index is 1.05. The van der Waals surface area contributed by atoms with Crippen LogP contribution < -0.4 is 0 Å². The van der Waals surface area contributed by atoms with Gasteiger partial charge in [0, 0.05) is 10.9 Å². The molecule has 0 saturated carbocycles. The van der Waals surface area contributed by atoms with Crippen LogP contribution in [0.1, 0.15) is 0 Å². The zero-order chi connectivity index (χ0) is 11.5. The molecule has 1 aromatic heterocycles. The summed E-state index contributed by atoms with van der Waals surface area (Å²) in [5.74, 6) is 0. The Balaban J connectivity index is 2.18. The number of benzene rings is 2. The Labute approximate surface area is 104 Å². The molecular weight excluding hydrogens is 226 g/mol. The summed E-state index contributed by atoms with van der Waals surface area (Å²) in [6.45, 7) is 0. The second-order valence-electron chi connectivity index (χ2n) is 3.79. The molecule has 0 aliphatic heterocycles. The number of hydrogen-bond donors (Lipinski definition) is 0. The van der Waals surface area contributed by atoms with Crippen LogP contribution in [0.2, 0.25) is 0 Å². The summed E-state index contributed by atoms with van der Waals surface area (Å²) >= 11 is 1.63. The molecule has 0 atom stereocenters. The molecule has 3 aromatic rings. The minimum atomic E-state index is 1.05. The highest BCUT2D eigenvalue weighted by Crippen LogP contribution is 2.31. The second-order valence-corrected chi connectivity index (χ2v) is 4.50. The van der Waals surface area contributed by atoms with Gasteiger partial charge in [0.25, 0.3) is 0 Å². The van der Waals surface area contributed by atoms with Gasteiger partial charge in [-0.2, -0.15) is 0 Å². The summed E-state index contributed by atoms with van der Waals surface area (Å²) in [6, 6.07) is 18.8. The van der Waals surface area contributed by atoms with Crippen LogP contribution in [0.3, 0.4) is 0 Å². The van der Waals surface area contributed by atoms with E-state index in [9.17, 15) is 0 Å². The summed E-state index contributed by atoms with van der Waals surface area (Å²) in [5.41, 5.74) is 6.58. The molecule has 0 aliphatic rings. The van der Waals surface area contributed by atoms with Gasteiger partial charge in [-0.3, -0.25) is 0 Å². The first-order valence-electron chi connectivity index (χ1n) is 5.48. The van der Waals surface area contributed by atoms with Gasteiger partial charge >= 0.3 is 0 Å². The Morgan fingerprint density at radius 2 is 1.47 bits per heavy atom. The molecule has 82 valence electrons. The minimum Gasteiger partial charge on any atom is -0.245 e. The number of nitrogens with zero attached hydrogens (tertiary/aromatic N) is 1. The van der Waals surface area contributed by atoms with Crippen LogP contribution in [-0.4, -0.2) is 4.98 Å². The lowest BCUT2D eigenvalue weighted by molar-refractivity contribution is 1.41. The van der Waals surface area contributed by atoms with Crippen LogP contribution in [0.15, 0.2) is 65.5 Å². The van der Waals surface area contributed by atoms with Gasteiger partial charge in [-0.15, -0.1) is 11.3 Å². The van der Waals surface area contributed by atoms with Crippen molar-refractivity contribution < 1.29 is 0 Å². The van der Waals surface area contributed by atoms with Crippen molar-refractivity contribution in [3.8, 4) is 22.4 Å². The van der Waals surface area contributed by atoms with Gasteiger partial charge in [0.2, 0.25) is 0 Å². The molecule has 2 aromatic carbocycles. The molecule has 0 bridgehead atoms. The Morgan fingerprint density at radius 1 is 0.765 bits per heavy atom. The van der Waals surface area contributed by atoms with E-state index in [-0.39, 0.29) is 0 Å². The zero-order valence-corrected chi connectivity index (χ0v) is 10.0. The molecule has 0 unspecified atom stereocenters. The predicted molar refractivity (Wildman–Crippen MR) is 73.0 cm³/mol. The highest BCUT2D eigenvalue weighted by Gasteiger charge is 2.07. The SMILES string of the molecule is c1ccc(-c2ccccc2-c2cscn2)cc1. The average Bonchev–Trinajstić information content (AvgIpc) is 2.94. The molecule has 2 heteroatoms. The molecular formula is C15H11NS. The summed E-state index contributed by atoms with van der Waals surface area (Å²) in [4.78, 5) is 4.39. The van der Waals surface area contributed by atoms with Crippen LogP contribution in [-0.2, 0) is 0 Å². The molecule has 1 nitrogen and oxygen atoms in total. The third kappa shape index (κ3) is 1.99. The Kier molecular flexibility index (Phi) is 2.72. The maximum atomic E-state index is 4.39. The molecule has 0 radical (unpaired) electrons. The van der Waals surface area contributed by atoms with E-state index < -0.39 is 0 Å². The summed E-state index contributed by atoms with van der Waals surface area (Å²) in [5, 5.41) is 2.09. The smallest absolute Gasteiger partial charge is 0.0817 e. The van der Waals surface area contributed by atoms with Crippen molar-refractivity contribution in [3.63, 3.8) is 0 Å². The third-order valence-electron chi connectivity index (χ3n) is 2.72. The van der Waals surface area contributed by atoms with E-state index in [1.807, 2.05) is 11.6 Å². The Hall–Kier alpha value is -1.93. The van der Waals surface area contributed by atoms with Gasteiger partial charge in [0.05, 0.1) is 11.2 Å². The van der Waals surface area contributed by atoms with Gasteiger partial charge in [-0.1, -0.05) is 54.6 Å². The van der Waals surface area contributed by atoms with Crippen molar-refractivity contribution in [1.29, 1.82) is 0 Å². The first-order valence-corrected chi connectivity index (χ1v) is 6.42. The van der Waals surface area contributed by atoms with E-state index in [4.69, 9.17) is 0 Å². The van der Waals surface area contributed by atoms with Gasteiger partial charge in [0.1, 0.15) is 0 Å². The number of hydrogen-bond acceptors (Lipinski definition) is 2. The van der Waals surface area contributed by atoms with Gasteiger partial charge in [0.15, 0.2) is 0 Å². The quantitative estimate of drug-likeness (QED) is 0.640. The van der Waals surface area contributed by atoms with E-state index in [1.54, 1.807) is 11.3 Å². The Morgan fingerprint density at radius 3 is 2.18 bits per heavy atom. The van der Waals surface area contributed by atoms with E-state index in [2.05, 4.69) is 58.9 Å². The number of rotatable bonds is 2. The largest absolute Gasteiger partial charge is 0.245 e. The van der Waals surface area contributed by atoms with Crippen LogP contribution in [0.25, 0.3) is 22.4 Å². The summed E-state index contributed by atoms with van der Waals surface area (Å²) in [6.07, 6.45) is 0. The average molecular weight is 237 g/mol. The van der Waals surface area contributed by atoms with Crippen molar-refractivity contribution in [3.05, 3.63) is 65.5 Å². The molecule has 0 N–H and O–H groups in total. The van der Waals surface area contributed by atoms with E-state index in [1.165, 1.54) is 16.7 Å². The first-order chi connectivity index (χ1) is 8.45. The highest BCUT2D eigenvalue weighted by atomic mass is 32.1. The van der Waals surface area contributed by atoms with E-state index in [0.717, 1.165) is 5.69 Å². The van der Waals surface area contributed by atoms with Crippen molar-refractivity contribution >= 4 is 11.3 Å². The third-order valence-corrected chi connectivity index (χ3v) is 3.31. The van der Waals surface area contributed by atoms with Crippen LogP contribution in [0.4, 0.5) is 0 Å². The van der Waals surface area contributed by atoms with Crippen molar-refractivity contribution in [2.24, 2.45) is 0 Å². The number of aromatic nitrogens is 1. The molecule has 0 saturated heterocycles. The predicted octanol–water partition coefficient (Wildman–Crippen LogP) is 4.48. The fourth-order valence-electron chi connectivity index (χ4n) is 1.92. The molecule has 17 heavy (non-hydrogen) atoms. The Bertz CT molecular complexity index is 600. The maximum Gasteiger partial charge on any atom is 0.0817 e. The summed E-state index contributed by atoms with van der Waals surface area (Å²) < 4.78 is 0. The molecule has 3 rings (SSSR count). The molecule has 0 amide bonds. The summed E-state index contributed by atoms with van der Waals surface area (Å²) in [7, 11) is 0. The fraction of sp³-hybridized carbons (Fsp3) is 0. The van der Waals surface area contributed by atoms with Crippen molar-refractivity contribution in [2.75, 3.05) is 0 Å². The second kappa shape index (κ2) is 4.52. The molecule has 0 fully saturated rings. The van der Waals surface area contributed by atoms with Crippen molar-refractivity contribution in [1.82, 2.24) is 4.98 Å². The van der Waals surface area contributed by atoms with E-state index in [0.29, 0.717) is 0 Å². The topological polar surface area (TPSA) is 12.9 Å². The lowest BCUT2D eigenvalue weighted by Crippen LogP contribution is -1.84. The van der Waals surface area contributed by atoms with Crippen LogP contribution in [0, 0.1) is 0 Å². The van der Waals surface area contributed by atoms with Gasteiger partial charge < -0.3 is 0 Å².